The maximum absolute atomic E-state index is 12.9. The van der Waals surface area contributed by atoms with Crippen LogP contribution in [0.4, 0.5) is 5.13 Å². The maximum atomic E-state index is 12.9. The van der Waals surface area contributed by atoms with E-state index in [0.717, 1.165) is 47.3 Å². The number of rotatable bonds is 7. The van der Waals surface area contributed by atoms with Gasteiger partial charge in [-0.25, -0.2) is 18.2 Å². The van der Waals surface area contributed by atoms with Crippen LogP contribution in [0.5, 0.6) is 0 Å². The number of nitrogens with two attached hydrogens (primary N) is 1. The molecule has 4 rings (SSSR count). The van der Waals surface area contributed by atoms with Crippen molar-refractivity contribution in [2.75, 3.05) is 45.3 Å². The van der Waals surface area contributed by atoms with Gasteiger partial charge >= 0.3 is 5.97 Å². The number of fused-ring (bicyclic) bond motifs is 1. The van der Waals surface area contributed by atoms with Crippen molar-refractivity contribution in [1.29, 1.82) is 0 Å². The Balaban J connectivity index is 0.000000695. The summed E-state index contributed by atoms with van der Waals surface area (Å²) < 4.78 is 33.6. The zero-order valence-corrected chi connectivity index (χ0v) is 22.3. The number of quaternary nitrogens is 1. The van der Waals surface area contributed by atoms with Gasteiger partial charge in [-0.3, -0.25) is 19.0 Å². The molecule has 2 saturated heterocycles. The van der Waals surface area contributed by atoms with Gasteiger partial charge in [0.25, 0.3) is 11.8 Å². The highest BCUT2D eigenvalue weighted by molar-refractivity contribution is 8.00. The van der Waals surface area contributed by atoms with E-state index in [1.807, 2.05) is 0 Å². The smallest absolute Gasteiger partial charge is 0.352 e. The van der Waals surface area contributed by atoms with Gasteiger partial charge in [-0.15, -0.1) is 23.1 Å². The van der Waals surface area contributed by atoms with Crippen molar-refractivity contribution in [1.82, 2.24) is 15.2 Å². The second-order valence-electron chi connectivity index (χ2n) is 8.67. The molecule has 15 nitrogen and oxygen atoms in total. The predicted molar refractivity (Wildman–Crippen MR) is 132 cm³/mol. The lowest BCUT2D eigenvalue weighted by atomic mass is 10.0. The zero-order valence-electron chi connectivity index (χ0n) is 19.8. The van der Waals surface area contributed by atoms with Crippen LogP contribution >= 0.6 is 23.1 Å². The molecule has 37 heavy (non-hydrogen) atoms. The highest BCUT2D eigenvalue weighted by atomic mass is 32.3. The van der Waals surface area contributed by atoms with Gasteiger partial charge in [0.15, 0.2) is 10.8 Å². The van der Waals surface area contributed by atoms with E-state index in [1.54, 1.807) is 5.38 Å². The number of carboxylic acids is 1. The highest BCUT2D eigenvalue weighted by Gasteiger charge is 2.55. The van der Waals surface area contributed by atoms with Crippen molar-refractivity contribution in [3.05, 3.63) is 22.3 Å². The summed E-state index contributed by atoms with van der Waals surface area (Å²) >= 11 is 2.61. The third kappa shape index (κ3) is 6.96. The lowest BCUT2D eigenvalue weighted by Gasteiger charge is -2.49. The van der Waals surface area contributed by atoms with Crippen LogP contribution in [0.1, 0.15) is 18.5 Å². The molecule has 3 aliphatic heterocycles. The largest absolute Gasteiger partial charge is 0.726 e. The van der Waals surface area contributed by atoms with E-state index in [-0.39, 0.29) is 22.2 Å². The molecule has 0 aromatic carbocycles. The van der Waals surface area contributed by atoms with E-state index < -0.39 is 39.6 Å². The van der Waals surface area contributed by atoms with Crippen LogP contribution in [0.2, 0.25) is 0 Å². The number of thioether (sulfide) groups is 1. The summed E-state index contributed by atoms with van der Waals surface area (Å²) in [5.41, 5.74) is 6.59. The van der Waals surface area contributed by atoms with Crippen molar-refractivity contribution in [3.63, 3.8) is 0 Å². The molecule has 2 unspecified atom stereocenters. The van der Waals surface area contributed by atoms with E-state index in [0.29, 0.717) is 12.3 Å². The fraction of sp³-hybridized carbons (Fsp3) is 0.526. The number of likely N-dealkylation sites (N-methyl/N-ethyl adjacent to an activating group) is 1. The third-order valence-corrected chi connectivity index (χ3v) is 7.93. The minimum Gasteiger partial charge on any atom is -0.726 e. The Morgan fingerprint density at radius 3 is 2.54 bits per heavy atom. The SMILES string of the molecule is CO/N=C(\C(=O)NC1C(=O)N2C(C(=O)O)=C(C[N+]3(C)CCCC3)CSC12)c1csc(N)n1.O=S(=O)([O-])O. The Kier molecular flexibility index (Phi) is 8.81. The van der Waals surface area contributed by atoms with Crippen LogP contribution in [-0.4, -0.2) is 111 Å². The minimum atomic E-state index is -4.92. The van der Waals surface area contributed by atoms with Gasteiger partial charge in [0.05, 0.1) is 20.1 Å². The van der Waals surface area contributed by atoms with Crippen molar-refractivity contribution in [3.8, 4) is 0 Å². The second kappa shape index (κ2) is 11.3. The van der Waals surface area contributed by atoms with Crippen molar-refractivity contribution in [2.24, 2.45) is 5.16 Å². The molecule has 2 fully saturated rings. The van der Waals surface area contributed by atoms with Crippen molar-refractivity contribution >= 4 is 62.1 Å². The normalized spacial score (nSPS) is 23.0. The van der Waals surface area contributed by atoms with Crippen molar-refractivity contribution < 1.29 is 46.3 Å². The summed E-state index contributed by atoms with van der Waals surface area (Å²) in [6.07, 6.45) is 2.24. The number of oxime groups is 1. The Morgan fingerprint density at radius 1 is 1.41 bits per heavy atom. The van der Waals surface area contributed by atoms with E-state index >= 15 is 0 Å². The van der Waals surface area contributed by atoms with Gasteiger partial charge in [0.2, 0.25) is 10.4 Å². The van der Waals surface area contributed by atoms with Crippen LogP contribution < -0.4 is 11.1 Å². The third-order valence-electron chi connectivity index (χ3n) is 5.92. The molecule has 0 spiro atoms. The number of hydrogen-bond donors (Lipinski definition) is 4. The number of likely N-dealkylation sites (tertiary alicyclic amines) is 1. The molecule has 1 aromatic rings. The number of aliphatic carboxylic acids is 1. The Labute approximate surface area is 220 Å². The van der Waals surface area contributed by atoms with Gasteiger partial charge in [-0.1, -0.05) is 5.16 Å². The summed E-state index contributed by atoms with van der Waals surface area (Å²) in [6.45, 7) is 2.61. The fourth-order valence-electron chi connectivity index (χ4n) is 4.42. The van der Waals surface area contributed by atoms with Gasteiger partial charge in [0.1, 0.15) is 36.5 Å². The first kappa shape index (κ1) is 28.8. The first-order chi connectivity index (χ1) is 17.2. The lowest BCUT2D eigenvalue weighted by molar-refractivity contribution is -0.893. The van der Waals surface area contributed by atoms with Crippen LogP contribution in [0.3, 0.4) is 0 Å². The van der Waals surface area contributed by atoms with Crippen LogP contribution in [0.15, 0.2) is 21.8 Å². The molecular formula is C19H26N6O9S3. The molecule has 3 aliphatic rings. The molecule has 0 aliphatic carbocycles. The molecular weight excluding hydrogens is 552 g/mol. The molecule has 5 N–H and O–H groups in total. The topological polar surface area (TPSA) is 225 Å². The first-order valence-electron chi connectivity index (χ1n) is 10.8. The number of amides is 2. The maximum Gasteiger partial charge on any atom is 0.352 e. The number of nitrogen functional groups attached to an aromatic ring is 1. The summed E-state index contributed by atoms with van der Waals surface area (Å²) in [5.74, 6) is -1.71. The van der Waals surface area contributed by atoms with Gasteiger partial charge in [0, 0.05) is 29.5 Å². The lowest BCUT2D eigenvalue weighted by Crippen LogP contribution is -2.71. The van der Waals surface area contributed by atoms with Crippen LogP contribution in [-0.2, 0) is 29.6 Å². The standard InChI is InChI=1S/C19H24N6O5S2.H2O4S/c1-25(5-3-4-6-25)7-10-8-31-17-13(16(27)24(17)14(10)18(28)29)22-15(26)12(23-30-2)11-9-32-19(20)21-11;1-5(2,3)4/h9,13,17H,3-8H2,1-2H3,(H3-,20,21,22,26,28,29);(H2,1,2,3,4)/b23-12-;. The monoisotopic (exact) mass is 578 g/mol. The number of nitrogens with zero attached hydrogens (tertiary/aromatic N) is 4. The molecule has 0 saturated carbocycles. The molecule has 2 atom stereocenters. The zero-order chi connectivity index (χ0) is 27.5. The quantitative estimate of drug-likeness (QED) is 0.0768. The number of hydrogen-bond acceptors (Lipinski definition) is 12. The van der Waals surface area contributed by atoms with Gasteiger partial charge < -0.3 is 30.0 Å². The summed E-state index contributed by atoms with van der Waals surface area (Å²) in [6, 6.07) is -0.863. The van der Waals surface area contributed by atoms with Gasteiger partial charge in [-0.2, -0.15) is 0 Å². The van der Waals surface area contributed by atoms with Crippen LogP contribution in [0, 0.1) is 0 Å². The fourth-order valence-corrected chi connectivity index (χ4v) is 6.31. The second-order valence-corrected chi connectivity index (χ2v) is 11.5. The number of carbonyl (C=O) groups is 3. The molecule has 1 aromatic heterocycles. The van der Waals surface area contributed by atoms with E-state index in [1.165, 1.54) is 23.8 Å². The Bertz CT molecular complexity index is 1230. The number of nitrogens with one attached hydrogen (secondary N) is 1. The molecule has 2 amide bonds. The van der Waals surface area contributed by atoms with E-state index in [4.69, 9.17) is 28.1 Å². The summed E-state index contributed by atoms with van der Waals surface area (Å²) in [5, 5.41) is 17.6. The number of carbonyl (C=O) groups excluding carboxylic acids is 2. The molecule has 4 heterocycles. The van der Waals surface area contributed by atoms with E-state index in [9.17, 15) is 19.5 Å². The molecule has 0 radical (unpaired) electrons. The Morgan fingerprint density at radius 2 is 2.03 bits per heavy atom. The van der Waals surface area contributed by atoms with Gasteiger partial charge in [-0.05, 0) is 0 Å². The number of anilines is 1. The summed E-state index contributed by atoms with van der Waals surface area (Å²) in [4.78, 5) is 47.9. The number of aromatic nitrogens is 1. The average molecular weight is 579 g/mol. The molecule has 0 bridgehead atoms. The number of β-lactam (4-membered cyclic amide) rings is 1. The van der Waals surface area contributed by atoms with Crippen molar-refractivity contribution in [2.45, 2.75) is 24.3 Å². The average Bonchev–Trinajstić information content (AvgIpc) is 3.42. The number of carboxylic acid groups (broad SMARTS) is 1. The summed E-state index contributed by atoms with van der Waals surface area (Å²) in [7, 11) is -1.50. The first-order valence-corrected chi connectivity index (χ1v) is 14.1. The molecule has 18 heteroatoms. The predicted octanol–water partition coefficient (Wildman–Crippen LogP) is -0.941. The van der Waals surface area contributed by atoms with Crippen LogP contribution in [0.25, 0.3) is 0 Å². The van der Waals surface area contributed by atoms with E-state index in [2.05, 4.69) is 22.5 Å². The Hall–Kier alpha value is -2.77. The number of thiazole rings is 1. The minimum absolute atomic E-state index is 0.0496. The molecule has 204 valence electrons. The highest BCUT2D eigenvalue weighted by Crippen LogP contribution is 2.41.